The van der Waals surface area contributed by atoms with Crippen LogP contribution in [0.15, 0.2) is 23.1 Å². The Labute approximate surface area is 132 Å². The van der Waals surface area contributed by atoms with Crippen molar-refractivity contribution in [3.63, 3.8) is 0 Å². The second-order valence-corrected chi connectivity index (χ2v) is 6.65. The van der Waals surface area contributed by atoms with Gasteiger partial charge in [0.05, 0.1) is 4.90 Å². The standard InChI is InChI=1S/C12H15F3N2O3S.ClH/c13-10-7-9(1-2-11(10)20-12(14)15)21(18,19)17-5-3-8(16)4-6-17;/h1-2,7-8,12H,3-6,16H2;1H. The largest absolute Gasteiger partial charge is 0.432 e. The highest BCUT2D eigenvalue weighted by atomic mass is 35.5. The zero-order chi connectivity index (χ0) is 15.6. The summed E-state index contributed by atoms with van der Waals surface area (Å²) in [4.78, 5) is -0.294. The number of ether oxygens (including phenoxy) is 1. The maximum absolute atomic E-state index is 13.6. The van der Waals surface area contributed by atoms with Gasteiger partial charge in [0.25, 0.3) is 0 Å². The Kier molecular flexibility index (Phi) is 6.48. The summed E-state index contributed by atoms with van der Waals surface area (Å²) in [6, 6.07) is 2.56. The van der Waals surface area contributed by atoms with E-state index in [9.17, 15) is 21.6 Å². The molecule has 0 amide bonds. The quantitative estimate of drug-likeness (QED) is 0.891. The molecule has 0 aliphatic carbocycles. The number of hydrogen-bond donors (Lipinski definition) is 1. The minimum Gasteiger partial charge on any atom is -0.432 e. The molecule has 0 unspecified atom stereocenters. The number of sulfonamides is 1. The van der Waals surface area contributed by atoms with Crippen LogP contribution in [-0.2, 0) is 10.0 Å². The van der Waals surface area contributed by atoms with Gasteiger partial charge in [0.2, 0.25) is 10.0 Å². The summed E-state index contributed by atoms with van der Waals surface area (Å²) in [5, 5.41) is 0. The number of halogens is 4. The van der Waals surface area contributed by atoms with E-state index in [0.717, 1.165) is 12.1 Å². The van der Waals surface area contributed by atoms with Gasteiger partial charge in [-0.3, -0.25) is 0 Å². The first kappa shape index (κ1) is 19.0. The molecule has 0 radical (unpaired) electrons. The highest BCUT2D eigenvalue weighted by Gasteiger charge is 2.29. The van der Waals surface area contributed by atoms with Crippen molar-refractivity contribution >= 4 is 22.4 Å². The van der Waals surface area contributed by atoms with Gasteiger partial charge in [-0.05, 0) is 31.0 Å². The van der Waals surface area contributed by atoms with Crippen molar-refractivity contribution in [3.05, 3.63) is 24.0 Å². The van der Waals surface area contributed by atoms with Gasteiger partial charge in [-0.1, -0.05) is 0 Å². The van der Waals surface area contributed by atoms with Crippen molar-refractivity contribution in [3.8, 4) is 5.75 Å². The second kappa shape index (κ2) is 7.49. The molecule has 126 valence electrons. The third-order valence-corrected chi connectivity index (χ3v) is 5.15. The number of alkyl halides is 2. The van der Waals surface area contributed by atoms with Gasteiger partial charge in [0.1, 0.15) is 0 Å². The summed E-state index contributed by atoms with van der Waals surface area (Å²) in [6.07, 6.45) is 1.04. The van der Waals surface area contributed by atoms with Crippen LogP contribution in [0.3, 0.4) is 0 Å². The molecule has 1 aliphatic heterocycles. The SMILES string of the molecule is Cl.NC1CCN(S(=O)(=O)c2ccc(OC(F)F)c(F)c2)CC1. The van der Waals surface area contributed by atoms with Gasteiger partial charge in [0, 0.05) is 19.1 Å². The molecule has 2 rings (SSSR count). The average Bonchev–Trinajstić information content (AvgIpc) is 2.41. The summed E-state index contributed by atoms with van der Waals surface area (Å²) in [6.45, 7) is -2.67. The van der Waals surface area contributed by atoms with Crippen molar-refractivity contribution in [2.75, 3.05) is 13.1 Å². The van der Waals surface area contributed by atoms with E-state index in [0.29, 0.717) is 18.9 Å². The number of hydrogen-bond acceptors (Lipinski definition) is 4. The highest BCUT2D eigenvalue weighted by molar-refractivity contribution is 7.89. The van der Waals surface area contributed by atoms with Crippen LogP contribution in [0.5, 0.6) is 5.75 Å². The van der Waals surface area contributed by atoms with E-state index in [-0.39, 0.29) is 36.4 Å². The predicted octanol–water partition coefficient (Wildman–Crippen LogP) is 1.96. The van der Waals surface area contributed by atoms with Crippen molar-refractivity contribution in [2.24, 2.45) is 5.73 Å². The Balaban J connectivity index is 0.00000242. The summed E-state index contributed by atoms with van der Waals surface area (Å²) < 4.78 is 67.4. The van der Waals surface area contributed by atoms with Crippen LogP contribution in [-0.4, -0.2) is 38.5 Å². The van der Waals surface area contributed by atoms with Gasteiger partial charge in [-0.25, -0.2) is 12.8 Å². The van der Waals surface area contributed by atoms with Crippen LogP contribution in [0.25, 0.3) is 0 Å². The molecule has 1 aliphatic rings. The number of benzene rings is 1. The lowest BCUT2D eigenvalue weighted by Crippen LogP contribution is -2.42. The van der Waals surface area contributed by atoms with Gasteiger partial charge in [0.15, 0.2) is 11.6 Å². The van der Waals surface area contributed by atoms with Crippen molar-refractivity contribution in [2.45, 2.75) is 30.4 Å². The zero-order valence-corrected chi connectivity index (χ0v) is 13.0. The number of piperidine rings is 1. The second-order valence-electron chi connectivity index (χ2n) is 4.71. The monoisotopic (exact) mass is 360 g/mol. The van der Waals surface area contributed by atoms with Crippen molar-refractivity contribution in [1.29, 1.82) is 0 Å². The molecule has 1 aromatic carbocycles. The normalized spacial score (nSPS) is 17.3. The third-order valence-electron chi connectivity index (χ3n) is 3.26. The molecule has 0 saturated carbocycles. The number of nitrogens with two attached hydrogens (primary N) is 1. The Morgan fingerprint density at radius 2 is 1.86 bits per heavy atom. The minimum atomic E-state index is -3.86. The van der Waals surface area contributed by atoms with Crippen molar-refractivity contribution < 1.29 is 26.3 Å². The maximum Gasteiger partial charge on any atom is 0.387 e. The molecule has 0 bridgehead atoms. The van der Waals surface area contributed by atoms with Crippen LogP contribution < -0.4 is 10.5 Å². The van der Waals surface area contributed by atoms with Crippen LogP contribution in [0.2, 0.25) is 0 Å². The summed E-state index contributed by atoms with van der Waals surface area (Å²) in [5.74, 6) is -1.84. The van der Waals surface area contributed by atoms with E-state index in [1.807, 2.05) is 0 Å². The number of rotatable bonds is 4. The fourth-order valence-electron chi connectivity index (χ4n) is 2.10. The van der Waals surface area contributed by atoms with Gasteiger partial charge >= 0.3 is 6.61 Å². The molecular formula is C12H16ClF3N2O3S. The molecule has 1 heterocycles. The zero-order valence-electron chi connectivity index (χ0n) is 11.4. The minimum absolute atomic E-state index is 0. The maximum atomic E-state index is 13.6. The lowest BCUT2D eigenvalue weighted by Gasteiger charge is -2.29. The van der Waals surface area contributed by atoms with E-state index in [1.54, 1.807) is 0 Å². The molecule has 22 heavy (non-hydrogen) atoms. The molecule has 5 nitrogen and oxygen atoms in total. The van der Waals surface area contributed by atoms with E-state index in [2.05, 4.69) is 4.74 Å². The van der Waals surface area contributed by atoms with E-state index >= 15 is 0 Å². The Morgan fingerprint density at radius 1 is 1.27 bits per heavy atom. The van der Waals surface area contributed by atoms with Gasteiger partial charge in [-0.15, -0.1) is 12.4 Å². The summed E-state index contributed by atoms with van der Waals surface area (Å²) >= 11 is 0. The Hall–Kier alpha value is -1.03. The van der Waals surface area contributed by atoms with Crippen LogP contribution in [0.1, 0.15) is 12.8 Å². The van der Waals surface area contributed by atoms with Crippen molar-refractivity contribution in [1.82, 2.24) is 4.31 Å². The summed E-state index contributed by atoms with van der Waals surface area (Å²) in [5.41, 5.74) is 5.70. The van der Waals surface area contributed by atoms with Crippen LogP contribution in [0.4, 0.5) is 13.2 Å². The van der Waals surface area contributed by atoms with Crippen LogP contribution >= 0.6 is 12.4 Å². The predicted molar refractivity (Wildman–Crippen MR) is 76.2 cm³/mol. The molecule has 1 aromatic rings. The molecule has 0 spiro atoms. The highest BCUT2D eigenvalue weighted by Crippen LogP contribution is 2.26. The molecule has 10 heteroatoms. The topological polar surface area (TPSA) is 72.6 Å². The molecule has 0 atom stereocenters. The first-order valence-electron chi connectivity index (χ1n) is 6.31. The fraction of sp³-hybridized carbons (Fsp3) is 0.500. The first-order chi connectivity index (χ1) is 9.80. The summed E-state index contributed by atoms with van der Waals surface area (Å²) in [7, 11) is -3.86. The molecule has 1 fully saturated rings. The molecule has 2 N–H and O–H groups in total. The van der Waals surface area contributed by atoms with E-state index < -0.39 is 28.2 Å². The smallest absolute Gasteiger partial charge is 0.387 e. The third kappa shape index (κ3) is 4.25. The molecule has 0 aromatic heterocycles. The first-order valence-corrected chi connectivity index (χ1v) is 7.75. The Morgan fingerprint density at radius 3 is 2.36 bits per heavy atom. The average molecular weight is 361 g/mol. The lowest BCUT2D eigenvalue weighted by molar-refractivity contribution is -0.0522. The van der Waals surface area contributed by atoms with E-state index in [1.165, 1.54) is 4.31 Å². The van der Waals surface area contributed by atoms with Gasteiger partial charge in [-0.2, -0.15) is 13.1 Å². The number of nitrogens with zero attached hydrogens (tertiary/aromatic N) is 1. The van der Waals surface area contributed by atoms with Gasteiger partial charge < -0.3 is 10.5 Å². The Bertz CT molecular complexity index is 608. The molecular weight excluding hydrogens is 345 g/mol. The molecule has 1 saturated heterocycles. The lowest BCUT2D eigenvalue weighted by atomic mass is 10.1. The van der Waals surface area contributed by atoms with E-state index in [4.69, 9.17) is 5.73 Å². The fourth-order valence-corrected chi connectivity index (χ4v) is 3.58. The van der Waals surface area contributed by atoms with Crippen LogP contribution in [0, 0.1) is 5.82 Å².